The van der Waals surface area contributed by atoms with Crippen LogP contribution in [0.4, 0.5) is 4.39 Å². The molecule has 2 N–H and O–H groups in total. The second-order valence-corrected chi connectivity index (χ2v) is 4.98. The molecule has 17 heavy (non-hydrogen) atoms. The molecule has 1 aromatic rings. The van der Waals surface area contributed by atoms with Gasteiger partial charge < -0.3 is 14.8 Å². The number of halogens is 1. The van der Waals surface area contributed by atoms with Gasteiger partial charge in [-0.1, -0.05) is 0 Å². The van der Waals surface area contributed by atoms with E-state index in [4.69, 9.17) is 4.65 Å². The molecule has 0 aliphatic heterocycles. The number of nitrogens with zero attached hydrogens (tertiary/aromatic N) is 1. The summed E-state index contributed by atoms with van der Waals surface area (Å²) in [6.07, 6.45) is 2.35. The van der Waals surface area contributed by atoms with E-state index in [1.165, 1.54) is 6.20 Å². The predicted octanol–water partition coefficient (Wildman–Crippen LogP) is 0.474. The Balaban J connectivity index is 2.83. The third kappa shape index (κ3) is 3.49. The molecule has 1 heterocycles. The molecule has 0 amide bonds. The van der Waals surface area contributed by atoms with Crippen LogP contribution in [0.25, 0.3) is 0 Å². The molecule has 0 bridgehead atoms. The maximum atomic E-state index is 12.9. The van der Waals surface area contributed by atoms with E-state index in [1.54, 1.807) is 27.7 Å². The molecule has 0 fully saturated rings. The van der Waals surface area contributed by atoms with E-state index in [0.717, 1.165) is 12.3 Å². The molecule has 4 nitrogen and oxygen atoms in total. The van der Waals surface area contributed by atoms with E-state index in [9.17, 15) is 14.5 Å². The Labute approximate surface area is 101 Å². The van der Waals surface area contributed by atoms with Gasteiger partial charge in [0.15, 0.2) is 0 Å². The fourth-order valence-electron chi connectivity index (χ4n) is 1.05. The van der Waals surface area contributed by atoms with Crippen molar-refractivity contribution in [2.45, 2.75) is 38.9 Å². The van der Waals surface area contributed by atoms with Crippen LogP contribution in [0.1, 0.15) is 27.7 Å². The zero-order valence-corrected chi connectivity index (χ0v) is 10.4. The van der Waals surface area contributed by atoms with Crippen molar-refractivity contribution in [2.75, 3.05) is 0 Å². The zero-order chi connectivity index (χ0) is 13.3. The van der Waals surface area contributed by atoms with Gasteiger partial charge in [-0.05, 0) is 33.8 Å². The van der Waals surface area contributed by atoms with Gasteiger partial charge in [0.1, 0.15) is 5.82 Å². The quantitative estimate of drug-likeness (QED) is 0.752. The second kappa shape index (κ2) is 4.72. The minimum absolute atomic E-state index is 0.210. The molecular formula is C11H17BFNO3. The Bertz CT molecular complexity index is 393. The van der Waals surface area contributed by atoms with Crippen molar-refractivity contribution < 1.29 is 19.2 Å². The Hall–Kier alpha value is -0.975. The second-order valence-electron chi connectivity index (χ2n) is 4.98. The standard InChI is InChI=1S/C11H17BFNO3/c1-10(2,15)11(3,4)17-12(16)8-5-9(13)7-14-6-8/h5-7,15-16H,1-4H3. The highest BCUT2D eigenvalue weighted by Gasteiger charge is 2.39. The molecular weight excluding hydrogens is 224 g/mol. The fourth-order valence-corrected chi connectivity index (χ4v) is 1.05. The van der Waals surface area contributed by atoms with Crippen LogP contribution >= 0.6 is 0 Å². The maximum Gasteiger partial charge on any atom is 0.493 e. The molecule has 94 valence electrons. The van der Waals surface area contributed by atoms with Crippen LogP contribution in [0.2, 0.25) is 0 Å². The SMILES string of the molecule is CC(C)(O)C(C)(C)OB(O)c1cncc(F)c1. The van der Waals surface area contributed by atoms with E-state index in [0.29, 0.717) is 0 Å². The molecule has 0 atom stereocenters. The fraction of sp³-hybridized carbons (Fsp3) is 0.545. The molecule has 1 rings (SSSR count). The van der Waals surface area contributed by atoms with Crippen LogP contribution in [0.15, 0.2) is 18.5 Å². The van der Waals surface area contributed by atoms with Crippen molar-refractivity contribution in [3.8, 4) is 0 Å². The van der Waals surface area contributed by atoms with Crippen molar-refractivity contribution in [2.24, 2.45) is 0 Å². The van der Waals surface area contributed by atoms with Crippen LogP contribution in [0.5, 0.6) is 0 Å². The van der Waals surface area contributed by atoms with Gasteiger partial charge in [-0.25, -0.2) is 4.39 Å². The highest BCUT2D eigenvalue weighted by atomic mass is 19.1. The topological polar surface area (TPSA) is 62.6 Å². The van der Waals surface area contributed by atoms with E-state index < -0.39 is 24.1 Å². The minimum atomic E-state index is -1.33. The molecule has 6 heteroatoms. The average molecular weight is 241 g/mol. The molecule has 0 saturated carbocycles. The van der Waals surface area contributed by atoms with Gasteiger partial charge in [-0.15, -0.1) is 0 Å². The van der Waals surface area contributed by atoms with E-state index in [2.05, 4.69) is 4.98 Å². The summed E-state index contributed by atoms with van der Waals surface area (Å²) >= 11 is 0. The van der Waals surface area contributed by atoms with Crippen molar-refractivity contribution in [1.29, 1.82) is 0 Å². The molecule has 0 aromatic carbocycles. The zero-order valence-electron chi connectivity index (χ0n) is 10.4. The van der Waals surface area contributed by atoms with Gasteiger partial charge in [0, 0.05) is 11.7 Å². The number of aromatic nitrogens is 1. The van der Waals surface area contributed by atoms with Crippen LogP contribution < -0.4 is 5.46 Å². The first-order valence-electron chi connectivity index (χ1n) is 5.32. The molecule has 0 radical (unpaired) electrons. The van der Waals surface area contributed by atoms with E-state index in [1.807, 2.05) is 0 Å². The molecule has 0 spiro atoms. The summed E-state index contributed by atoms with van der Waals surface area (Å²) in [7, 11) is -1.33. The third-order valence-electron chi connectivity index (χ3n) is 2.89. The molecule has 0 unspecified atom stereocenters. The Morgan fingerprint density at radius 2 is 1.88 bits per heavy atom. The van der Waals surface area contributed by atoms with E-state index >= 15 is 0 Å². The van der Waals surface area contributed by atoms with Gasteiger partial charge in [0.2, 0.25) is 0 Å². The van der Waals surface area contributed by atoms with Gasteiger partial charge in [-0.2, -0.15) is 0 Å². The lowest BCUT2D eigenvalue weighted by molar-refractivity contribution is -0.0982. The highest BCUT2D eigenvalue weighted by Crippen LogP contribution is 2.25. The first kappa shape index (κ1) is 14.1. The Morgan fingerprint density at radius 3 is 2.35 bits per heavy atom. The summed E-state index contributed by atoms with van der Waals surface area (Å²) in [5.41, 5.74) is -1.92. The summed E-state index contributed by atoms with van der Waals surface area (Å²) in [5.74, 6) is -0.550. The number of aliphatic hydroxyl groups is 1. The summed E-state index contributed by atoms with van der Waals surface area (Å²) < 4.78 is 18.3. The van der Waals surface area contributed by atoms with Crippen molar-refractivity contribution in [3.05, 3.63) is 24.3 Å². The van der Waals surface area contributed by atoms with Crippen LogP contribution in [0.3, 0.4) is 0 Å². The smallest absolute Gasteiger partial charge is 0.423 e. The maximum absolute atomic E-state index is 12.9. The minimum Gasteiger partial charge on any atom is -0.423 e. The number of hydrogen-bond acceptors (Lipinski definition) is 4. The monoisotopic (exact) mass is 241 g/mol. The lowest BCUT2D eigenvalue weighted by Gasteiger charge is -2.38. The first-order valence-corrected chi connectivity index (χ1v) is 5.32. The molecule has 0 aliphatic carbocycles. The Kier molecular flexibility index (Phi) is 3.91. The number of rotatable bonds is 4. The highest BCUT2D eigenvalue weighted by molar-refractivity contribution is 6.59. The summed E-state index contributed by atoms with van der Waals surface area (Å²) in [6.45, 7) is 6.43. The van der Waals surface area contributed by atoms with E-state index in [-0.39, 0.29) is 5.46 Å². The van der Waals surface area contributed by atoms with Crippen molar-refractivity contribution in [1.82, 2.24) is 4.98 Å². The van der Waals surface area contributed by atoms with Gasteiger partial charge in [-0.3, -0.25) is 4.98 Å². The average Bonchev–Trinajstić information content (AvgIpc) is 2.15. The summed E-state index contributed by atoms with van der Waals surface area (Å²) in [5, 5.41) is 19.7. The third-order valence-corrected chi connectivity index (χ3v) is 2.89. The van der Waals surface area contributed by atoms with Crippen LogP contribution in [-0.2, 0) is 4.65 Å². The van der Waals surface area contributed by atoms with Crippen LogP contribution in [0, 0.1) is 5.82 Å². The number of hydrogen-bond donors (Lipinski definition) is 2. The Morgan fingerprint density at radius 1 is 1.29 bits per heavy atom. The van der Waals surface area contributed by atoms with Crippen molar-refractivity contribution >= 4 is 12.6 Å². The van der Waals surface area contributed by atoms with Gasteiger partial charge in [0.25, 0.3) is 0 Å². The lowest BCUT2D eigenvalue weighted by Crippen LogP contribution is -2.53. The van der Waals surface area contributed by atoms with Crippen LogP contribution in [-0.4, -0.2) is 33.4 Å². The lowest BCUT2D eigenvalue weighted by atomic mass is 9.77. The largest absolute Gasteiger partial charge is 0.493 e. The normalized spacial score (nSPS) is 12.6. The molecule has 0 saturated heterocycles. The molecule has 1 aromatic heterocycles. The van der Waals surface area contributed by atoms with Gasteiger partial charge in [0.05, 0.1) is 17.4 Å². The van der Waals surface area contributed by atoms with Gasteiger partial charge >= 0.3 is 7.12 Å². The number of pyridine rings is 1. The first-order chi connectivity index (χ1) is 7.63. The van der Waals surface area contributed by atoms with Crippen molar-refractivity contribution in [3.63, 3.8) is 0 Å². The predicted molar refractivity (Wildman–Crippen MR) is 63.3 cm³/mol. The summed E-state index contributed by atoms with van der Waals surface area (Å²) in [6, 6.07) is 1.14. The summed E-state index contributed by atoms with van der Waals surface area (Å²) in [4.78, 5) is 3.62. The molecule has 0 aliphatic rings.